The Morgan fingerprint density at radius 3 is 2.53 bits per heavy atom. The first-order valence-electron chi connectivity index (χ1n) is 5.89. The van der Waals surface area contributed by atoms with Crippen molar-refractivity contribution in [3.05, 3.63) is 0 Å². The van der Waals surface area contributed by atoms with Crippen molar-refractivity contribution in [3.8, 4) is 0 Å². The van der Waals surface area contributed by atoms with E-state index >= 15 is 0 Å². The Morgan fingerprint density at radius 2 is 2.07 bits per heavy atom. The van der Waals surface area contributed by atoms with E-state index in [-0.39, 0.29) is 12.1 Å². The summed E-state index contributed by atoms with van der Waals surface area (Å²) in [6.45, 7) is 9.28. The first-order chi connectivity index (χ1) is 7.10. The monoisotopic (exact) mass is 213 g/mol. The van der Waals surface area contributed by atoms with Gasteiger partial charge in [0.15, 0.2) is 0 Å². The van der Waals surface area contributed by atoms with Crippen LogP contribution in [0.2, 0.25) is 0 Å². The topological polar surface area (TPSA) is 49.6 Å². The van der Waals surface area contributed by atoms with Gasteiger partial charge >= 0.3 is 6.03 Å². The zero-order valence-electron chi connectivity index (χ0n) is 10.1. The molecule has 1 aliphatic rings. The zero-order chi connectivity index (χ0) is 11.4. The minimum Gasteiger partial charge on any atom is -0.326 e. The molecule has 1 heterocycles. The Bertz CT molecular complexity index is 216. The molecule has 0 radical (unpaired) electrons. The van der Waals surface area contributed by atoms with E-state index in [9.17, 15) is 4.79 Å². The number of carbonyl (C=O) groups excluding carboxylic acids is 1. The molecule has 0 aromatic heterocycles. The summed E-state index contributed by atoms with van der Waals surface area (Å²) in [5.41, 5.74) is 5.98. The fourth-order valence-electron chi connectivity index (χ4n) is 1.97. The van der Waals surface area contributed by atoms with Crippen LogP contribution in [-0.2, 0) is 0 Å². The maximum atomic E-state index is 12.0. The van der Waals surface area contributed by atoms with Gasteiger partial charge in [0.05, 0.1) is 0 Å². The van der Waals surface area contributed by atoms with Crippen LogP contribution in [0.4, 0.5) is 4.79 Å². The number of hydrogen-bond acceptors (Lipinski definition) is 2. The Morgan fingerprint density at radius 1 is 1.47 bits per heavy atom. The smallest absolute Gasteiger partial charge is 0.320 e. The summed E-state index contributed by atoms with van der Waals surface area (Å²) >= 11 is 0. The van der Waals surface area contributed by atoms with Crippen LogP contribution in [0.5, 0.6) is 0 Å². The molecule has 1 aliphatic heterocycles. The summed E-state index contributed by atoms with van der Waals surface area (Å²) in [5, 5.41) is 0. The first kappa shape index (κ1) is 12.3. The van der Waals surface area contributed by atoms with Crippen molar-refractivity contribution in [2.45, 2.75) is 33.2 Å². The lowest BCUT2D eigenvalue weighted by Gasteiger charge is -2.37. The van der Waals surface area contributed by atoms with Crippen LogP contribution in [0.25, 0.3) is 0 Å². The molecule has 15 heavy (non-hydrogen) atoms. The molecule has 2 N–H and O–H groups in total. The number of piperidine rings is 1. The molecule has 2 atom stereocenters. The highest BCUT2D eigenvalue weighted by Crippen LogP contribution is 2.16. The minimum absolute atomic E-state index is 0.137. The largest absolute Gasteiger partial charge is 0.326 e. The van der Waals surface area contributed by atoms with Gasteiger partial charge in [-0.25, -0.2) is 4.79 Å². The maximum absolute atomic E-state index is 12.0. The molecular weight excluding hydrogens is 190 g/mol. The Balaban J connectivity index is 2.53. The van der Waals surface area contributed by atoms with E-state index in [1.165, 1.54) is 0 Å². The predicted octanol–water partition coefficient (Wildman–Crippen LogP) is 1.12. The second-order valence-electron chi connectivity index (χ2n) is 4.33. The lowest BCUT2D eigenvalue weighted by atomic mass is 9.94. The fourth-order valence-corrected chi connectivity index (χ4v) is 1.97. The number of hydrogen-bond donors (Lipinski definition) is 1. The number of amides is 2. The average molecular weight is 213 g/mol. The average Bonchev–Trinajstić information content (AvgIpc) is 2.23. The van der Waals surface area contributed by atoms with Crippen LogP contribution in [0, 0.1) is 5.92 Å². The summed E-state index contributed by atoms with van der Waals surface area (Å²) in [4.78, 5) is 15.7. The highest BCUT2D eigenvalue weighted by atomic mass is 16.2. The van der Waals surface area contributed by atoms with Crippen LogP contribution in [0.1, 0.15) is 27.2 Å². The number of rotatable bonds is 2. The van der Waals surface area contributed by atoms with E-state index < -0.39 is 0 Å². The molecule has 1 fully saturated rings. The molecule has 0 aromatic rings. The normalized spacial score (nSPS) is 26.5. The van der Waals surface area contributed by atoms with Gasteiger partial charge in [-0.1, -0.05) is 6.92 Å². The van der Waals surface area contributed by atoms with Gasteiger partial charge in [0.25, 0.3) is 0 Å². The minimum atomic E-state index is 0.137. The van der Waals surface area contributed by atoms with E-state index in [1.54, 1.807) is 0 Å². The van der Waals surface area contributed by atoms with E-state index in [0.717, 1.165) is 26.1 Å². The second-order valence-corrected chi connectivity index (χ2v) is 4.33. The van der Waals surface area contributed by atoms with Crippen LogP contribution in [0.3, 0.4) is 0 Å². The number of carbonyl (C=O) groups is 1. The quantitative estimate of drug-likeness (QED) is 0.747. The van der Waals surface area contributed by atoms with Gasteiger partial charge in [0.1, 0.15) is 0 Å². The van der Waals surface area contributed by atoms with Crippen molar-refractivity contribution in [1.82, 2.24) is 9.80 Å². The molecule has 2 unspecified atom stereocenters. The summed E-state index contributed by atoms with van der Waals surface area (Å²) in [5.74, 6) is 0.533. The molecule has 0 spiro atoms. The summed E-state index contributed by atoms with van der Waals surface area (Å²) in [6, 6.07) is 0.278. The Hall–Kier alpha value is -0.770. The van der Waals surface area contributed by atoms with Gasteiger partial charge in [0, 0.05) is 32.2 Å². The van der Waals surface area contributed by atoms with Crippen LogP contribution >= 0.6 is 0 Å². The van der Waals surface area contributed by atoms with Crippen LogP contribution in [-0.4, -0.2) is 48.1 Å². The number of nitrogens with zero attached hydrogens (tertiary/aromatic N) is 2. The van der Waals surface area contributed by atoms with Crippen molar-refractivity contribution in [1.29, 1.82) is 0 Å². The summed E-state index contributed by atoms with van der Waals surface area (Å²) < 4.78 is 0. The molecule has 4 nitrogen and oxygen atoms in total. The fraction of sp³-hybridized carbons (Fsp3) is 0.909. The number of urea groups is 1. The molecule has 0 saturated carbocycles. The molecule has 1 saturated heterocycles. The van der Waals surface area contributed by atoms with Crippen molar-refractivity contribution in [2.75, 3.05) is 26.2 Å². The lowest BCUT2D eigenvalue weighted by molar-refractivity contribution is 0.130. The summed E-state index contributed by atoms with van der Waals surface area (Å²) in [6.07, 6.45) is 1.02. The molecule has 1 rings (SSSR count). The molecule has 0 aromatic carbocycles. The van der Waals surface area contributed by atoms with Crippen LogP contribution < -0.4 is 5.73 Å². The SMILES string of the molecule is CCN(CC)C(=O)N1CCC(C)C(N)C1. The maximum Gasteiger partial charge on any atom is 0.320 e. The van der Waals surface area contributed by atoms with E-state index in [1.807, 2.05) is 23.6 Å². The van der Waals surface area contributed by atoms with Gasteiger partial charge in [0.2, 0.25) is 0 Å². The third kappa shape index (κ3) is 2.84. The van der Waals surface area contributed by atoms with Crippen molar-refractivity contribution >= 4 is 6.03 Å². The van der Waals surface area contributed by atoms with Gasteiger partial charge < -0.3 is 15.5 Å². The Labute approximate surface area is 92.4 Å². The molecule has 4 heteroatoms. The highest BCUT2D eigenvalue weighted by molar-refractivity contribution is 5.74. The third-order valence-electron chi connectivity index (χ3n) is 3.32. The van der Waals surface area contributed by atoms with E-state index in [2.05, 4.69) is 6.92 Å². The van der Waals surface area contributed by atoms with Gasteiger partial charge in [-0.15, -0.1) is 0 Å². The third-order valence-corrected chi connectivity index (χ3v) is 3.32. The molecule has 0 bridgehead atoms. The lowest BCUT2D eigenvalue weighted by Crippen LogP contribution is -2.53. The van der Waals surface area contributed by atoms with Gasteiger partial charge in [-0.2, -0.15) is 0 Å². The van der Waals surface area contributed by atoms with Gasteiger partial charge in [-0.05, 0) is 26.2 Å². The number of likely N-dealkylation sites (tertiary alicyclic amines) is 1. The summed E-state index contributed by atoms with van der Waals surface area (Å²) in [7, 11) is 0. The predicted molar refractivity (Wildman–Crippen MR) is 61.6 cm³/mol. The van der Waals surface area contributed by atoms with Crippen LogP contribution in [0.15, 0.2) is 0 Å². The molecule has 88 valence electrons. The van der Waals surface area contributed by atoms with Gasteiger partial charge in [-0.3, -0.25) is 0 Å². The molecule has 2 amide bonds. The molecular formula is C11H23N3O. The zero-order valence-corrected chi connectivity index (χ0v) is 10.1. The first-order valence-corrected chi connectivity index (χ1v) is 5.89. The highest BCUT2D eigenvalue weighted by Gasteiger charge is 2.27. The number of nitrogens with two attached hydrogens (primary N) is 1. The standard InChI is InChI=1S/C11H23N3O/c1-4-13(5-2)11(15)14-7-6-9(3)10(12)8-14/h9-10H,4-8,12H2,1-3H3. The second kappa shape index (κ2) is 5.35. The Kier molecular flexibility index (Phi) is 4.39. The van der Waals surface area contributed by atoms with E-state index in [4.69, 9.17) is 5.73 Å². The van der Waals surface area contributed by atoms with E-state index in [0.29, 0.717) is 12.5 Å². The van der Waals surface area contributed by atoms with Crippen molar-refractivity contribution in [3.63, 3.8) is 0 Å². The van der Waals surface area contributed by atoms with Crippen molar-refractivity contribution < 1.29 is 4.79 Å². The van der Waals surface area contributed by atoms with Crippen molar-refractivity contribution in [2.24, 2.45) is 11.7 Å². The molecule has 0 aliphatic carbocycles.